The monoisotopic (exact) mass is 302 g/mol. The molecule has 1 saturated heterocycles. The molecule has 0 saturated carbocycles. The highest BCUT2D eigenvalue weighted by atomic mass is 79.9. The molecule has 3 N–H and O–H groups in total. The Balaban J connectivity index is 2.21. The maximum atomic E-state index is 13.4. The van der Waals surface area contributed by atoms with E-state index in [1.165, 1.54) is 12.1 Å². The highest BCUT2D eigenvalue weighted by Gasteiger charge is 2.25. The van der Waals surface area contributed by atoms with E-state index in [0.29, 0.717) is 5.92 Å². The smallest absolute Gasteiger partial charge is 0.124 e. The van der Waals surface area contributed by atoms with Gasteiger partial charge in [-0.25, -0.2) is 4.39 Å². The zero-order chi connectivity index (χ0) is 12.3. The summed E-state index contributed by atoms with van der Waals surface area (Å²) >= 11 is 3.30. The van der Waals surface area contributed by atoms with Gasteiger partial charge in [0.15, 0.2) is 0 Å². The van der Waals surface area contributed by atoms with Crippen LogP contribution >= 0.6 is 15.9 Å². The van der Waals surface area contributed by atoms with Crippen molar-refractivity contribution in [3.8, 4) is 0 Å². The molecule has 17 heavy (non-hydrogen) atoms. The van der Waals surface area contributed by atoms with Crippen molar-refractivity contribution in [2.75, 3.05) is 13.2 Å². The van der Waals surface area contributed by atoms with Crippen LogP contribution in [0.4, 0.5) is 4.39 Å². The summed E-state index contributed by atoms with van der Waals surface area (Å²) in [5.74, 6) is 5.75. The quantitative estimate of drug-likeness (QED) is 0.666. The van der Waals surface area contributed by atoms with Gasteiger partial charge in [-0.05, 0) is 42.5 Å². The van der Waals surface area contributed by atoms with Gasteiger partial charge in [-0.1, -0.05) is 15.9 Å². The lowest BCUT2D eigenvalue weighted by Gasteiger charge is -2.30. The van der Waals surface area contributed by atoms with Crippen LogP contribution in [0.15, 0.2) is 22.7 Å². The van der Waals surface area contributed by atoms with Crippen LogP contribution in [0.5, 0.6) is 0 Å². The molecular formula is C12H16BrFN2O. The summed E-state index contributed by atoms with van der Waals surface area (Å²) in [4.78, 5) is 0. The van der Waals surface area contributed by atoms with Gasteiger partial charge in [0.2, 0.25) is 0 Å². The molecule has 1 heterocycles. The molecule has 1 aliphatic heterocycles. The molecule has 1 atom stereocenters. The van der Waals surface area contributed by atoms with E-state index >= 15 is 0 Å². The fourth-order valence-electron chi connectivity index (χ4n) is 2.31. The van der Waals surface area contributed by atoms with Crippen LogP contribution < -0.4 is 11.3 Å². The van der Waals surface area contributed by atoms with Crippen LogP contribution in [0, 0.1) is 11.7 Å². The first-order chi connectivity index (χ1) is 8.20. The second-order valence-electron chi connectivity index (χ2n) is 4.30. The third kappa shape index (κ3) is 3.25. The average molecular weight is 303 g/mol. The molecule has 0 radical (unpaired) electrons. The van der Waals surface area contributed by atoms with Gasteiger partial charge >= 0.3 is 0 Å². The van der Waals surface area contributed by atoms with Gasteiger partial charge in [0.1, 0.15) is 5.82 Å². The molecule has 2 rings (SSSR count). The molecule has 0 amide bonds. The molecule has 1 unspecified atom stereocenters. The van der Waals surface area contributed by atoms with Gasteiger partial charge in [0, 0.05) is 23.7 Å². The van der Waals surface area contributed by atoms with E-state index in [0.717, 1.165) is 36.1 Å². The maximum Gasteiger partial charge on any atom is 0.124 e. The number of hydrogen-bond donors (Lipinski definition) is 2. The molecule has 1 aromatic rings. The number of nitrogens with two attached hydrogens (primary N) is 1. The van der Waals surface area contributed by atoms with Crippen molar-refractivity contribution in [2.24, 2.45) is 11.8 Å². The first-order valence-electron chi connectivity index (χ1n) is 5.70. The van der Waals surface area contributed by atoms with E-state index < -0.39 is 0 Å². The normalized spacial score (nSPS) is 19.2. The molecule has 94 valence electrons. The molecule has 1 fully saturated rings. The minimum Gasteiger partial charge on any atom is -0.381 e. The van der Waals surface area contributed by atoms with Crippen molar-refractivity contribution < 1.29 is 9.13 Å². The van der Waals surface area contributed by atoms with Crippen LogP contribution in [-0.4, -0.2) is 13.2 Å². The highest BCUT2D eigenvalue weighted by Crippen LogP contribution is 2.31. The molecule has 1 aromatic carbocycles. The summed E-state index contributed by atoms with van der Waals surface area (Å²) in [5.41, 5.74) is 3.68. The van der Waals surface area contributed by atoms with Crippen molar-refractivity contribution in [2.45, 2.75) is 18.9 Å². The van der Waals surface area contributed by atoms with E-state index in [4.69, 9.17) is 10.6 Å². The molecular weight excluding hydrogens is 287 g/mol. The van der Waals surface area contributed by atoms with Gasteiger partial charge < -0.3 is 4.74 Å². The molecule has 3 nitrogen and oxygen atoms in total. The topological polar surface area (TPSA) is 47.3 Å². The Morgan fingerprint density at radius 1 is 1.35 bits per heavy atom. The van der Waals surface area contributed by atoms with Crippen LogP contribution in [0.3, 0.4) is 0 Å². The Morgan fingerprint density at radius 3 is 2.65 bits per heavy atom. The van der Waals surface area contributed by atoms with Crippen molar-refractivity contribution in [1.82, 2.24) is 5.43 Å². The van der Waals surface area contributed by atoms with E-state index in [1.54, 1.807) is 0 Å². The van der Waals surface area contributed by atoms with Gasteiger partial charge in [-0.15, -0.1) is 0 Å². The summed E-state index contributed by atoms with van der Waals surface area (Å²) in [6, 6.07) is 4.86. The second kappa shape index (κ2) is 5.91. The van der Waals surface area contributed by atoms with E-state index in [2.05, 4.69) is 21.4 Å². The van der Waals surface area contributed by atoms with Gasteiger partial charge in [0.05, 0.1) is 0 Å². The molecule has 1 aliphatic rings. The van der Waals surface area contributed by atoms with Crippen LogP contribution in [0.1, 0.15) is 24.4 Å². The first kappa shape index (κ1) is 13.0. The van der Waals surface area contributed by atoms with Crippen molar-refractivity contribution >= 4 is 15.9 Å². The number of rotatable bonds is 3. The van der Waals surface area contributed by atoms with Crippen LogP contribution in [0.25, 0.3) is 0 Å². The number of halogens is 2. The fourth-order valence-corrected chi connectivity index (χ4v) is 2.79. The second-order valence-corrected chi connectivity index (χ2v) is 5.21. The molecule has 0 bridgehead atoms. The fraction of sp³-hybridized carbons (Fsp3) is 0.500. The number of hydrazine groups is 1. The summed E-state index contributed by atoms with van der Waals surface area (Å²) in [6.45, 7) is 1.50. The van der Waals surface area contributed by atoms with Crippen molar-refractivity contribution in [1.29, 1.82) is 0 Å². The third-order valence-electron chi connectivity index (χ3n) is 3.16. The Hall–Kier alpha value is -0.490. The number of ether oxygens (including phenoxy) is 1. The minimum atomic E-state index is -0.248. The van der Waals surface area contributed by atoms with Gasteiger partial charge in [0.25, 0.3) is 0 Å². The molecule has 0 spiro atoms. The largest absolute Gasteiger partial charge is 0.381 e. The lowest BCUT2D eigenvalue weighted by molar-refractivity contribution is 0.0536. The van der Waals surface area contributed by atoms with Gasteiger partial charge in [-0.2, -0.15) is 0 Å². The lowest BCUT2D eigenvalue weighted by Crippen LogP contribution is -2.36. The minimum absolute atomic E-state index is 0.0223. The number of hydrogen-bond acceptors (Lipinski definition) is 3. The van der Waals surface area contributed by atoms with Crippen LogP contribution in [0.2, 0.25) is 0 Å². The maximum absolute atomic E-state index is 13.4. The standard InChI is InChI=1S/C12H16BrFN2O/c13-10-5-9(6-11(14)7-10)12(16-15)8-1-3-17-4-2-8/h5-8,12,16H,1-4,15H2. The van der Waals surface area contributed by atoms with Crippen molar-refractivity contribution in [3.05, 3.63) is 34.1 Å². The molecule has 5 heteroatoms. The van der Waals surface area contributed by atoms with Crippen molar-refractivity contribution in [3.63, 3.8) is 0 Å². The highest BCUT2D eigenvalue weighted by molar-refractivity contribution is 9.10. The van der Waals surface area contributed by atoms with E-state index in [9.17, 15) is 4.39 Å². The Kier molecular flexibility index (Phi) is 4.50. The predicted molar refractivity (Wildman–Crippen MR) is 67.7 cm³/mol. The summed E-state index contributed by atoms with van der Waals surface area (Å²) < 4.78 is 19.4. The summed E-state index contributed by atoms with van der Waals surface area (Å²) in [5, 5.41) is 0. The summed E-state index contributed by atoms with van der Waals surface area (Å²) in [7, 11) is 0. The Labute approximate surface area is 109 Å². The Bertz CT molecular complexity index is 363. The number of benzene rings is 1. The third-order valence-corrected chi connectivity index (χ3v) is 3.62. The van der Waals surface area contributed by atoms with Gasteiger partial charge in [-0.3, -0.25) is 11.3 Å². The number of nitrogens with one attached hydrogen (secondary N) is 1. The van der Waals surface area contributed by atoms with Crippen LogP contribution in [-0.2, 0) is 4.74 Å². The lowest BCUT2D eigenvalue weighted by atomic mass is 9.87. The SMILES string of the molecule is NNC(c1cc(F)cc(Br)c1)C1CCOCC1. The zero-order valence-corrected chi connectivity index (χ0v) is 11.0. The van der Waals surface area contributed by atoms with E-state index in [1.807, 2.05) is 6.07 Å². The molecule has 0 aliphatic carbocycles. The summed E-state index contributed by atoms with van der Waals surface area (Å²) in [6.07, 6.45) is 1.89. The zero-order valence-electron chi connectivity index (χ0n) is 9.46. The predicted octanol–water partition coefficient (Wildman–Crippen LogP) is 2.52. The van der Waals surface area contributed by atoms with E-state index in [-0.39, 0.29) is 11.9 Å². The average Bonchev–Trinajstić information content (AvgIpc) is 2.30. The molecule has 0 aromatic heterocycles. The Morgan fingerprint density at radius 2 is 2.06 bits per heavy atom. The first-order valence-corrected chi connectivity index (χ1v) is 6.50.